The molecular formula is C16H16FNO4S. The summed E-state index contributed by atoms with van der Waals surface area (Å²) in [7, 11) is -3.82. The highest BCUT2D eigenvalue weighted by Gasteiger charge is 2.34. The van der Waals surface area contributed by atoms with Gasteiger partial charge in [0.25, 0.3) is 0 Å². The largest absolute Gasteiger partial charge is 0.468 e. The van der Waals surface area contributed by atoms with Gasteiger partial charge in [-0.2, -0.15) is 0 Å². The van der Waals surface area contributed by atoms with Crippen LogP contribution in [0.5, 0.6) is 0 Å². The molecule has 1 N–H and O–H groups in total. The molecule has 122 valence electrons. The van der Waals surface area contributed by atoms with Gasteiger partial charge < -0.3 is 9.73 Å². The van der Waals surface area contributed by atoms with E-state index >= 15 is 0 Å². The molecule has 1 aromatic heterocycles. The number of rotatable bonds is 6. The summed E-state index contributed by atoms with van der Waals surface area (Å²) in [6, 6.07) is 7.75. The molecule has 1 aliphatic carbocycles. The molecule has 0 spiro atoms. The maximum Gasteiger partial charge on any atom is 0.223 e. The molecule has 1 saturated carbocycles. The first-order valence-corrected chi connectivity index (χ1v) is 8.83. The van der Waals surface area contributed by atoms with Crippen molar-refractivity contribution in [3.05, 3.63) is 54.2 Å². The van der Waals surface area contributed by atoms with Crippen LogP contribution in [-0.2, 0) is 14.6 Å². The van der Waals surface area contributed by atoms with Crippen molar-refractivity contribution < 1.29 is 22.0 Å². The summed E-state index contributed by atoms with van der Waals surface area (Å²) in [5, 5.41) is 1.62. The molecule has 0 radical (unpaired) electrons. The fourth-order valence-electron chi connectivity index (χ4n) is 2.31. The number of carbonyl (C=O) groups excluding carboxylic acids is 1. The van der Waals surface area contributed by atoms with Crippen LogP contribution in [0.15, 0.2) is 52.0 Å². The minimum atomic E-state index is -3.82. The summed E-state index contributed by atoms with van der Waals surface area (Å²) in [6.45, 7) is -0.0808. The lowest BCUT2D eigenvalue weighted by Gasteiger charge is -2.16. The molecule has 1 fully saturated rings. The van der Waals surface area contributed by atoms with Gasteiger partial charge in [-0.1, -0.05) is 0 Å². The summed E-state index contributed by atoms with van der Waals surface area (Å²) >= 11 is 0. The number of hydrogen-bond acceptors (Lipinski definition) is 4. The summed E-state index contributed by atoms with van der Waals surface area (Å²) < 4.78 is 43.9. The standard InChI is InChI=1S/C16H16FNO4S/c17-12-5-7-13(8-6-12)23(20,21)15(14-2-1-9-22-14)10-18-16(19)11-3-4-11/h1-2,5-9,11,15H,3-4,10H2,(H,18,19)/t15-/m0/s1. The molecule has 7 heteroatoms. The molecule has 3 rings (SSSR count). The lowest BCUT2D eigenvalue weighted by atomic mass is 10.3. The van der Waals surface area contributed by atoms with E-state index in [2.05, 4.69) is 5.32 Å². The predicted molar refractivity (Wildman–Crippen MR) is 80.8 cm³/mol. The average molecular weight is 337 g/mol. The van der Waals surface area contributed by atoms with Crippen LogP contribution in [-0.4, -0.2) is 20.9 Å². The Labute approximate surface area is 133 Å². The summed E-state index contributed by atoms with van der Waals surface area (Å²) in [6.07, 6.45) is 3.05. The Kier molecular flexibility index (Phi) is 4.21. The molecule has 1 atom stereocenters. The Hall–Kier alpha value is -2.15. The smallest absolute Gasteiger partial charge is 0.223 e. The van der Waals surface area contributed by atoms with Crippen LogP contribution in [0.3, 0.4) is 0 Å². The zero-order chi connectivity index (χ0) is 16.4. The van der Waals surface area contributed by atoms with Gasteiger partial charge >= 0.3 is 0 Å². The third kappa shape index (κ3) is 3.44. The van der Waals surface area contributed by atoms with E-state index < -0.39 is 20.9 Å². The molecule has 1 aromatic carbocycles. The zero-order valence-electron chi connectivity index (χ0n) is 12.2. The van der Waals surface area contributed by atoms with Crippen molar-refractivity contribution in [1.82, 2.24) is 5.32 Å². The molecule has 2 aromatic rings. The molecule has 1 amide bonds. The highest BCUT2D eigenvalue weighted by molar-refractivity contribution is 7.91. The van der Waals surface area contributed by atoms with Gasteiger partial charge in [0.2, 0.25) is 5.91 Å². The number of benzene rings is 1. The SMILES string of the molecule is O=C(NC[C@@H](c1ccco1)S(=O)(=O)c1ccc(F)cc1)C1CC1. The Bertz CT molecular complexity index is 780. The number of carbonyl (C=O) groups is 1. The van der Waals surface area contributed by atoms with Crippen molar-refractivity contribution in [3.63, 3.8) is 0 Å². The van der Waals surface area contributed by atoms with Crippen LogP contribution in [0.4, 0.5) is 4.39 Å². The predicted octanol–water partition coefficient (Wildman–Crippen LogP) is 2.46. The number of hydrogen-bond donors (Lipinski definition) is 1. The van der Waals surface area contributed by atoms with E-state index in [-0.39, 0.29) is 29.0 Å². The van der Waals surface area contributed by atoms with E-state index in [1.165, 1.54) is 18.4 Å². The summed E-state index contributed by atoms with van der Waals surface area (Å²) in [5.41, 5.74) is 0. The zero-order valence-corrected chi connectivity index (χ0v) is 13.1. The van der Waals surface area contributed by atoms with Crippen LogP contribution in [0, 0.1) is 11.7 Å². The molecule has 0 saturated heterocycles. The van der Waals surface area contributed by atoms with Gasteiger partial charge in [-0.25, -0.2) is 12.8 Å². The first kappa shape index (κ1) is 15.7. The Balaban J connectivity index is 1.87. The van der Waals surface area contributed by atoms with Crippen molar-refractivity contribution >= 4 is 15.7 Å². The third-order valence-corrected chi connectivity index (χ3v) is 5.86. The van der Waals surface area contributed by atoms with Crippen LogP contribution >= 0.6 is 0 Å². The van der Waals surface area contributed by atoms with Gasteiger partial charge in [0.1, 0.15) is 16.8 Å². The third-order valence-electron chi connectivity index (χ3n) is 3.79. The lowest BCUT2D eigenvalue weighted by Crippen LogP contribution is -2.32. The van der Waals surface area contributed by atoms with E-state index in [0.717, 1.165) is 25.0 Å². The number of sulfone groups is 1. The molecule has 0 bridgehead atoms. The van der Waals surface area contributed by atoms with Crippen LogP contribution in [0.25, 0.3) is 0 Å². The monoisotopic (exact) mass is 337 g/mol. The Morgan fingerprint density at radius 2 is 1.96 bits per heavy atom. The van der Waals surface area contributed by atoms with Gasteiger partial charge in [-0.3, -0.25) is 4.79 Å². The van der Waals surface area contributed by atoms with E-state index in [1.807, 2.05) is 0 Å². The van der Waals surface area contributed by atoms with Crippen molar-refractivity contribution in [2.75, 3.05) is 6.54 Å². The number of nitrogens with one attached hydrogen (secondary N) is 1. The average Bonchev–Trinajstić information content (AvgIpc) is 3.24. The molecule has 0 unspecified atom stereocenters. The maximum absolute atomic E-state index is 13.0. The van der Waals surface area contributed by atoms with Crippen LogP contribution in [0.2, 0.25) is 0 Å². The van der Waals surface area contributed by atoms with Gasteiger partial charge in [0.05, 0.1) is 11.2 Å². The van der Waals surface area contributed by atoms with Gasteiger partial charge in [-0.05, 0) is 49.2 Å². The Morgan fingerprint density at radius 3 is 2.52 bits per heavy atom. The van der Waals surface area contributed by atoms with Crippen molar-refractivity contribution in [1.29, 1.82) is 0 Å². The van der Waals surface area contributed by atoms with Gasteiger partial charge in [-0.15, -0.1) is 0 Å². The highest BCUT2D eigenvalue weighted by Crippen LogP contribution is 2.31. The first-order valence-electron chi connectivity index (χ1n) is 7.29. The van der Waals surface area contributed by atoms with Gasteiger partial charge in [0, 0.05) is 12.5 Å². The second-order valence-electron chi connectivity index (χ2n) is 5.52. The molecule has 5 nitrogen and oxygen atoms in total. The molecule has 0 aliphatic heterocycles. The minimum Gasteiger partial charge on any atom is -0.468 e. The number of amides is 1. The Morgan fingerprint density at radius 1 is 1.26 bits per heavy atom. The quantitative estimate of drug-likeness (QED) is 0.822. The molecule has 1 heterocycles. The minimum absolute atomic E-state index is 0.0130. The van der Waals surface area contributed by atoms with Crippen molar-refractivity contribution in [2.45, 2.75) is 23.0 Å². The second kappa shape index (κ2) is 6.16. The second-order valence-corrected chi connectivity index (χ2v) is 7.65. The van der Waals surface area contributed by atoms with Gasteiger partial charge in [0.15, 0.2) is 9.84 Å². The number of halogens is 1. The highest BCUT2D eigenvalue weighted by atomic mass is 32.2. The topological polar surface area (TPSA) is 76.4 Å². The first-order chi connectivity index (χ1) is 11.0. The molecular weight excluding hydrogens is 321 g/mol. The van der Waals surface area contributed by atoms with E-state index in [0.29, 0.717) is 0 Å². The van der Waals surface area contributed by atoms with Crippen LogP contribution < -0.4 is 5.32 Å². The number of furan rings is 1. The maximum atomic E-state index is 13.0. The molecule has 23 heavy (non-hydrogen) atoms. The molecule has 1 aliphatic rings. The van der Waals surface area contributed by atoms with E-state index in [9.17, 15) is 17.6 Å². The fraction of sp³-hybridized carbons (Fsp3) is 0.312. The normalized spacial score (nSPS) is 16.0. The fourth-order valence-corrected chi connectivity index (χ4v) is 3.90. The van der Waals surface area contributed by atoms with Crippen LogP contribution in [0.1, 0.15) is 23.9 Å². The van der Waals surface area contributed by atoms with E-state index in [1.54, 1.807) is 12.1 Å². The lowest BCUT2D eigenvalue weighted by molar-refractivity contribution is -0.122. The van der Waals surface area contributed by atoms with Crippen molar-refractivity contribution in [3.8, 4) is 0 Å². The van der Waals surface area contributed by atoms with E-state index in [4.69, 9.17) is 4.42 Å². The van der Waals surface area contributed by atoms with Crippen molar-refractivity contribution in [2.24, 2.45) is 5.92 Å². The summed E-state index contributed by atoms with van der Waals surface area (Å²) in [5.74, 6) is -0.428. The summed E-state index contributed by atoms with van der Waals surface area (Å²) in [4.78, 5) is 11.8.